The van der Waals surface area contributed by atoms with Gasteiger partial charge in [-0.2, -0.15) is 0 Å². The van der Waals surface area contributed by atoms with Crippen molar-refractivity contribution in [1.82, 2.24) is 20.1 Å². The predicted molar refractivity (Wildman–Crippen MR) is 187 cm³/mol. The molecule has 0 radical (unpaired) electrons. The van der Waals surface area contributed by atoms with Gasteiger partial charge in [0.05, 0.1) is 5.69 Å². The number of hydrogen-bond donors (Lipinski definition) is 2. The van der Waals surface area contributed by atoms with Crippen molar-refractivity contribution in [3.8, 4) is 22.8 Å². The van der Waals surface area contributed by atoms with Gasteiger partial charge in [0, 0.05) is 29.1 Å². The van der Waals surface area contributed by atoms with Crippen LogP contribution in [0.5, 0.6) is 5.75 Å². The monoisotopic (exact) mass is 680 g/mol. The fourth-order valence-electron chi connectivity index (χ4n) is 5.73. The number of amidine groups is 1. The number of halogens is 3. The van der Waals surface area contributed by atoms with Gasteiger partial charge in [0.2, 0.25) is 6.35 Å². The molecule has 1 saturated heterocycles. The molecule has 3 unspecified atom stereocenters. The molecule has 0 saturated carbocycles. The van der Waals surface area contributed by atoms with E-state index in [4.69, 9.17) is 4.99 Å². The van der Waals surface area contributed by atoms with E-state index in [1.54, 1.807) is 11.8 Å². The third kappa shape index (κ3) is 9.39. The molecule has 2 heterocycles. The summed E-state index contributed by atoms with van der Waals surface area (Å²) in [6.45, 7) is 10.8. The van der Waals surface area contributed by atoms with Crippen molar-refractivity contribution in [2.75, 3.05) is 10.7 Å². The second-order valence-corrected chi connectivity index (χ2v) is 13.6. The van der Waals surface area contributed by atoms with Crippen molar-refractivity contribution in [3.63, 3.8) is 0 Å². The molecule has 256 valence electrons. The second-order valence-electron chi connectivity index (χ2n) is 12.6. The summed E-state index contributed by atoms with van der Waals surface area (Å²) in [6, 6.07) is 20.4. The zero-order valence-corrected chi connectivity index (χ0v) is 28.7. The Morgan fingerprint density at radius 1 is 1.06 bits per heavy atom. The van der Waals surface area contributed by atoms with Crippen LogP contribution in [0.2, 0.25) is 0 Å². The van der Waals surface area contributed by atoms with Crippen molar-refractivity contribution >= 4 is 22.6 Å². The zero-order valence-electron chi connectivity index (χ0n) is 27.9. The number of nitrogens with one attached hydrogen (secondary N) is 1. The molecule has 1 aromatic heterocycles. The minimum atomic E-state index is -4.74. The first-order chi connectivity index (χ1) is 22.9. The first-order valence-corrected chi connectivity index (χ1v) is 17.3. The number of aliphatic hydroxyl groups excluding tert-OH is 1. The molecule has 4 aromatic rings. The Bertz CT molecular complexity index is 1670. The summed E-state index contributed by atoms with van der Waals surface area (Å²) < 4.78 is 42.8. The van der Waals surface area contributed by atoms with Crippen molar-refractivity contribution in [1.29, 1.82) is 0 Å². The Kier molecular flexibility index (Phi) is 11.5. The van der Waals surface area contributed by atoms with E-state index in [0.29, 0.717) is 17.4 Å². The molecular weight excluding hydrogens is 637 g/mol. The van der Waals surface area contributed by atoms with Crippen LogP contribution in [0.4, 0.5) is 18.9 Å². The number of thioether (sulfide) groups is 1. The minimum Gasteiger partial charge on any atom is -0.406 e. The lowest BCUT2D eigenvalue weighted by Gasteiger charge is -2.38. The molecule has 0 bridgehead atoms. The molecule has 48 heavy (non-hydrogen) atoms. The molecule has 12 heteroatoms. The molecule has 5 rings (SSSR count). The largest absolute Gasteiger partial charge is 0.573 e. The summed E-state index contributed by atoms with van der Waals surface area (Å²) in [6.07, 6.45) is -0.499. The lowest BCUT2D eigenvalue weighted by Crippen LogP contribution is -2.44. The molecule has 8 nitrogen and oxygen atoms in total. The highest BCUT2D eigenvalue weighted by atomic mass is 32.2. The van der Waals surface area contributed by atoms with Crippen LogP contribution in [0.15, 0.2) is 78.0 Å². The molecule has 0 spiro atoms. The fourth-order valence-corrected chi connectivity index (χ4v) is 6.96. The Hall–Kier alpha value is -3.87. The van der Waals surface area contributed by atoms with Crippen LogP contribution >= 0.6 is 11.8 Å². The Morgan fingerprint density at radius 3 is 2.48 bits per heavy atom. The maximum absolute atomic E-state index is 12.4. The maximum atomic E-state index is 12.4. The highest BCUT2D eigenvalue weighted by Gasteiger charge is 2.31. The van der Waals surface area contributed by atoms with Crippen LogP contribution in [-0.4, -0.2) is 55.6 Å². The summed E-state index contributed by atoms with van der Waals surface area (Å²) in [5.74, 6) is 1.56. The van der Waals surface area contributed by atoms with Crippen molar-refractivity contribution in [2.45, 2.75) is 91.0 Å². The number of aromatic nitrogens is 3. The van der Waals surface area contributed by atoms with Crippen molar-refractivity contribution in [3.05, 3.63) is 89.7 Å². The Balaban J connectivity index is 1.13. The smallest absolute Gasteiger partial charge is 0.406 e. The van der Waals surface area contributed by atoms with Gasteiger partial charge in [-0.05, 0) is 99.4 Å². The SMILES string of the molecule is Cc1ccc(C(C)C)c(N2C(=NC(O)NC(C)CCCc3ccc(-c4ncn(-c5ccc(OC(F)(F)F)cc5)n4)cc3)SCCC2C)c1. The number of ether oxygens (including phenoxy) is 1. The summed E-state index contributed by atoms with van der Waals surface area (Å²) in [7, 11) is 0. The van der Waals surface area contributed by atoms with E-state index in [2.05, 4.69) is 77.9 Å². The van der Waals surface area contributed by atoms with Crippen LogP contribution in [0.25, 0.3) is 17.1 Å². The second kappa shape index (κ2) is 15.6. The number of benzene rings is 3. The van der Waals surface area contributed by atoms with Crippen molar-refractivity contribution in [2.24, 2.45) is 4.99 Å². The number of anilines is 1. The molecule has 2 N–H and O–H groups in total. The standard InChI is InChI=1S/C36H43F3N6O2S/c1-23(2)31-18-9-24(3)21-32(31)45-26(5)19-20-48-35(45)42-34(46)41-25(4)7-6-8-27-10-12-28(13-11-27)33-40-22-44(43-33)29-14-16-30(17-15-29)47-36(37,38)39/h9-18,21-23,25-26,34,41,46H,6-8,19-20H2,1-5H3. The van der Waals surface area contributed by atoms with Crippen molar-refractivity contribution < 1.29 is 23.0 Å². The van der Waals surface area contributed by atoms with E-state index in [1.807, 2.05) is 24.3 Å². The van der Waals surface area contributed by atoms with Gasteiger partial charge in [-0.25, -0.2) is 14.7 Å². The van der Waals surface area contributed by atoms with E-state index in [0.717, 1.165) is 42.2 Å². The predicted octanol–water partition coefficient (Wildman–Crippen LogP) is 8.23. The maximum Gasteiger partial charge on any atom is 0.573 e. The molecule has 1 aliphatic rings. The average molecular weight is 681 g/mol. The topological polar surface area (TPSA) is 87.8 Å². The number of aliphatic hydroxyl groups is 1. The van der Waals surface area contributed by atoms with E-state index in [1.165, 1.54) is 57.7 Å². The normalized spacial score (nSPS) is 17.6. The van der Waals surface area contributed by atoms with E-state index < -0.39 is 12.7 Å². The van der Waals surface area contributed by atoms with E-state index in [-0.39, 0.29) is 17.8 Å². The van der Waals surface area contributed by atoms with Gasteiger partial charge in [0.25, 0.3) is 0 Å². The average Bonchev–Trinajstić information content (AvgIpc) is 3.51. The van der Waals surface area contributed by atoms with Gasteiger partial charge >= 0.3 is 6.36 Å². The summed E-state index contributed by atoms with van der Waals surface area (Å²) >= 11 is 1.70. The van der Waals surface area contributed by atoms with Crippen LogP contribution in [0.3, 0.4) is 0 Å². The third-order valence-corrected chi connectivity index (χ3v) is 9.29. The van der Waals surface area contributed by atoms with Crippen LogP contribution < -0.4 is 15.0 Å². The number of alkyl halides is 3. The van der Waals surface area contributed by atoms with Crippen LogP contribution in [0, 0.1) is 6.92 Å². The van der Waals surface area contributed by atoms with Gasteiger partial charge < -0.3 is 14.7 Å². The van der Waals surface area contributed by atoms with Crippen LogP contribution in [-0.2, 0) is 6.42 Å². The molecule has 1 aliphatic heterocycles. The lowest BCUT2D eigenvalue weighted by molar-refractivity contribution is -0.274. The van der Waals surface area contributed by atoms with Gasteiger partial charge in [0.15, 0.2) is 11.0 Å². The molecule has 0 amide bonds. The highest BCUT2D eigenvalue weighted by molar-refractivity contribution is 8.14. The number of nitrogens with zero attached hydrogens (tertiary/aromatic N) is 5. The number of aryl methyl sites for hydroxylation is 2. The lowest BCUT2D eigenvalue weighted by atomic mass is 9.98. The molecule has 0 aliphatic carbocycles. The minimum absolute atomic E-state index is 0.0653. The number of rotatable bonds is 12. The first-order valence-electron chi connectivity index (χ1n) is 16.3. The first kappa shape index (κ1) is 35.4. The van der Waals surface area contributed by atoms with Crippen LogP contribution in [0.1, 0.15) is 69.6 Å². The summed E-state index contributed by atoms with van der Waals surface area (Å²) in [4.78, 5) is 11.4. The van der Waals surface area contributed by atoms with Gasteiger partial charge in [-0.15, -0.1) is 18.3 Å². The highest BCUT2D eigenvalue weighted by Crippen LogP contribution is 2.35. The number of aliphatic imine (C=N–C) groups is 1. The van der Waals surface area contributed by atoms with Gasteiger partial charge in [-0.3, -0.25) is 5.32 Å². The van der Waals surface area contributed by atoms with E-state index in [9.17, 15) is 18.3 Å². The third-order valence-electron chi connectivity index (χ3n) is 8.29. The summed E-state index contributed by atoms with van der Waals surface area (Å²) in [5.41, 5.74) is 6.24. The van der Waals surface area contributed by atoms with Gasteiger partial charge in [0.1, 0.15) is 12.1 Å². The molecule has 1 fully saturated rings. The quantitative estimate of drug-likeness (QED) is 0.146. The molecular formula is C36H43F3N6O2S. The fraction of sp³-hybridized carbons (Fsp3) is 0.417. The van der Waals surface area contributed by atoms with Gasteiger partial charge in [-0.1, -0.05) is 62.0 Å². The molecule has 3 atom stereocenters. The Morgan fingerprint density at radius 2 is 1.79 bits per heavy atom. The zero-order chi connectivity index (χ0) is 34.4. The molecule has 3 aromatic carbocycles. The van der Waals surface area contributed by atoms with E-state index >= 15 is 0 Å². The number of hydrogen-bond acceptors (Lipinski definition) is 7. The Labute approximate surface area is 284 Å². The summed E-state index contributed by atoms with van der Waals surface area (Å²) in [5, 5.41) is 19.5.